The Kier molecular flexibility index (Phi) is 5.66. The lowest BCUT2D eigenvalue weighted by molar-refractivity contribution is -0.117. The Morgan fingerprint density at radius 3 is 2.81 bits per heavy atom. The summed E-state index contributed by atoms with van der Waals surface area (Å²) < 4.78 is 0. The average molecular weight is 288 g/mol. The van der Waals surface area contributed by atoms with Crippen LogP contribution < -0.4 is 11.1 Å². The quantitative estimate of drug-likeness (QED) is 0.838. The van der Waals surface area contributed by atoms with Gasteiger partial charge < -0.3 is 11.1 Å². The molecule has 0 saturated heterocycles. The van der Waals surface area contributed by atoms with Crippen molar-refractivity contribution in [3.63, 3.8) is 0 Å². The highest BCUT2D eigenvalue weighted by Gasteiger charge is 2.23. The Balaban J connectivity index is 1.99. The maximum Gasteiger partial charge on any atom is 0.221 e. The molecule has 1 amide bonds. The number of hydrogen-bond donors (Lipinski definition) is 2. The van der Waals surface area contributed by atoms with Gasteiger partial charge in [0.05, 0.1) is 6.42 Å². The Hall–Kier alpha value is -1.51. The molecule has 3 N–H and O–H groups in total. The standard InChI is InChI=1S/C18H28N2O/c1-13(2)10-14-6-5-8-16(11-14)20-17-9-4-3-7-15(17)12-18(19)21/h3-4,7,9,13-14,16,20H,5-6,8,10-12H2,1-2H3,(H2,19,21). The minimum absolute atomic E-state index is 0.273. The van der Waals surface area contributed by atoms with E-state index < -0.39 is 0 Å². The van der Waals surface area contributed by atoms with Gasteiger partial charge in [0, 0.05) is 11.7 Å². The van der Waals surface area contributed by atoms with Crippen molar-refractivity contribution in [1.82, 2.24) is 0 Å². The molecule has 2 rings (SSSR count). The van der Waals surface area contributed by atoms with Crippen LogP contribution in [0.25, 0.3) is 0 Å². The summed E-state index contributed by atoms with van der Waals surface area (Å²) >= 11 is 0. The molecule has 1 fully saturated rings. The van der Waals surface area contributed by atoms with Crippen molar-refractivity contribution in [3.05, 3.63) is 29.8 Å². The van der Waals surface area contributed by atoms with Crippen LogP contribution in [0.3, 0.4) is 0 Å². The van der Waals surface area contributed by atoms with Gasteiger partial charge in [0.15, 0.2) is 0 Å². The number of rotatable bonds is 6. The number of benzene rings is 1. The number of carbonyl (C=O) groups excluding carboxylic acids is 1. The first-order valence-corrected chi connectivity index (χ1v) is 8.17. The van der Waals surface area contributed by atoms with E-state index in [1.54, 1.807) is 0 Å². The van der Waals surface area contributed by atoms with Crippen LogP contribution >= 0.6 is 0 Å². The van der Waals surface area contributed by atoms with E-state index in [1.807, 2.05) is 18.2 Å². The number of anilines is 1. The zero-order chi connectivity index (χ0) is 15.2. The molecule has 1 aliphatic rings. The third kappa shape index (κ3) is 5.07. The number of amides is 1. The molecular weight excluding hydrogens is 260 g/mol. The molecule has 1 aliphatic carbocycles. The second-order valence-electron chi connectivity index (χ2n) is 6.80. The number of para-hydroxylation sites is 1. The summed E-state index contributed by atoms with van der Waals surface area (Å²) in [6, 6.07) is 8.55. The van der Waals surface area contributed by atoms with E-state index in [1.165, 1.54) is 32.1 Å². The van der Waals surface area contributed by atoms with Crippen LogP contribution in [0.2, 0.25) is 0 Å². The van der Waals surface area contributed by atoms with Crippen LogP contribution in [0.15, 0.2) is 24.3 Å². The molecule has 3 heteroatoms. The molecule has 0 radical (unpaired) electrons. The summed E-state index contributed by atoms with van der Waals surface area (Å²) in [5.74, 6) is 1.33. The number of carbonyl (C=O) groups is 1. The van der Waals surface area contributed by atoms with E-state index in [0.29, 0.717) is 12.5 Å². The highest BCUT2D eigenvalue weighted by molar-refractivity contribution is 5.78. The lowest BCUT2D eigenvalue weighted by Gasteiger charge is -2.32. The number of hydrogen-bond acceptors (Lipinski definition) is 2. The van der Waals surface area contributed by atoms with Crippen molar-refractivity contribution < 1.29 is 4.79 Å². The molecule has 0 bridgehead atoms. The second-order valence-corrected chi connectivity index (χ2v) is 6.80. The van der Waals surface area contributed by atoms with Crippen LogP contribution in [-0.2, 0) is 11.2 Å². The van der Waals surface area contributed by atoms with Gasteiger partial charge in [-0.1, -0.05) is 44.9 Å². The number of nitrogens with one attached hydrogen (secondary N) is 1. The zero-order valence-electron chi connectivity index (χ0n) is 13.3. The van der Waals surface area contributed by atoms with Gasteiger partial charge in [-0.25, -0.2) is 0 Å². The molecule has 21 heavy (non-hydrogen) atoms. The summed E-state index contributed by atoms with van der Waals surface area (Å²) in [4.78, 5) is 11.2. The molecule has 1 aromatic rings. The minimum Gasteiger partial charge on any atom is -0.382 e. The fourth-order valence-electron chi connectivity index (χ4n) is 3.53. The highest BCUT2D eigenvalue weighted by atomic mass is 16.1. The molecular formula is C18H28N2O. The fourth-order valence-corrected chi connectivity index (χ4v) is 3.53. The minimum atomic E-state index is -0.273. The zero-order valence-corrected chi connectivity index (χ0v) is 13.3. The lowest BCUT2D eigenvalue weighted by atomic mass is 9.81. The van der Waals surface area contributed by atoms with Crippen LogP contribution in [0.4, 0.5) is 5.69 Å². The van der Waals surface area contributed by atoms with Crippen molar-refractivity contribution >= 4 is 11.6 Å². The third-order valence-electron chi connectivity index (χ3n) is 4.33. The van der Waals surface area contributed by atoms with Crippen LogP contribution in [0.1, 0.15) is 51.5 Å². The Morgan fingerprint density at radius 1 is 1.33 bits per heavy atom. The smallest absolute Gasteiger partial charge is 0.221 e. The van der Waals surface area contributed by atoms with Gasteiger partial charge in [0.1, 0.15) is 0 Å². The lowest BCUT2D eigenvalue weighted by Crippen LogP contribution is -2.28. The molecule has 1 saturated carbocycles. The first kappa shape index (κ1) is 15.9. The summed E-state index contributed by atoms with van der Waals surface area (Å²) in [6.07, 6.45) is 6.75. The Labute approximate surface area is 128 Å². The molecule has 2 unspecified atom stereocenters. The van der Waals surface area contributed by atoms with Gasteiger partial charge in [-0.2, -0.15) is 0 Å². The van der Waals surface area contributed by atoms with Crippen molar-refractivity contribution in [2.45, 2.75) is 58.4 Å². The summed E-state index contributed by atoms with van der Waals surface area (Å²) in [5, 5.41) is 3.65. The van der Waals surface area contributed by atoms with E-state index >= 15 is 0 Å². The predicted molar refractivity (Wildman–Crippen MR) is 88.2 cm³/mol. The SMILES string of the molecule is CC(C)CC1CCCC(Nc2ccccc2CC(N)=O)C1. The predicted octanol–water partition coefficient (Wildman–Crippen LogP) is 3.73. The van der Waals surface area contributed by atoms with Gasteiger partial charge in [-0.05, 0) is 42.7 Å². The fraction of sp³-hybridized carbons (Fsp3) is 0.611. The van der Waals surface area contributed by atoms with Crippen molar-refractivity contribution in [2.24, 2.45) is 17.6 Å². The first-order chi connectivity index (χ1) is 10.0. The Bertz CT molecular complexity index is 470. The molecule has 0 spiro atoms. The highest BCUT2D eigenvalue weighted by Crippen LogP contribution is 2.31. The van der Waals surface area contributed by atoms with Crippen molar-refractivity contribution in [1.29, 1.82) is 0 Å². The third-order valence-corrected chi connectivity index (χ3v) is 4.33. The topological polar surface area (TPSA) is 55.1 Å². The molecule has 3 nitrogen and oxygen atoms in total. The number of nitrogens with two attached hydrogens (primary N) is 1. The molecule has 1 aromatic carbocycles. The molecule has 0 aromatic heterocycles. The van der Waals surface area contributed by atoms with Gasteiger partial charge in [-0.3, -0.25) is 4.79 Å². The van der Waals surface area contributed by atoms with E-state index in [-0.39, 0.29) is 5.91 Å². The van der Waals surface area contributed by atoms with Gasteiger partial charge >= 0.3 is 0 Å². The molecule has 0 heterocycles. The van der Waals surface area contributed by atoms with Crippen LogP contribution in [0, 0.1) is 11.8 Å². The van der Waals surface area contributed by atoms with Gasteiger partial charge in [0.2, 0.25) is 5.91 Å². The summed E-state index contributed by atoms with van der Waals surface area (Å²) in [6.45, 7) is 4.61. The van der Waals surface area contributed by atoms with E-state index in [9.17, 15) is 4.79 Å². The molecule has 116 valence electrons. The maximum absolute atomic E-state index is 11.2. The maximum atomic E-state index is 11.2. The van der Waals surface area contributed by atoms with E-state index in [4.69, 9.17) is 5.73 Å². The number of primary amides is 1. The molecule has 0 aliphatic heterocycles. The monoisotopic (exact) mass is 288 g/mol. The van der Waals surface area contributed by atoms with E-state index in [0.717, 1.165) is 23.1 Å². The second kappa shape index (κ2) is 7.48. The largest absolute Gasteiger partial charge is 0.382 e. The summed E-state index contributed by atoms with van der Waals surface area (Å²) in [5.41, 5.74) is 7.42. The van der Waals surface area contributed by atoms with Gasteiger partial charge in [-0.15, -0.1) is 0 Å². The first-order valence-electron chi connectivity index (χ1n) is 8.17. The van der Waals surface area contributed by atoms with Crippen molar-refractivity contribution in [3.8, 4) is 0 Å². The van der Waals surface area contributed by atoms with E-state index in [2.05, 4.69) is 25.2 Å². The van der Waals surface area contributed by atoms with Crippen molar-refractivity contribution in [2.75, 3.05) is 5.32 Å². The van der Waals surface area contributed by atoms with Crippen LogP contribution in [0.5, 0.6) is 0 Å². The summed E-state index contributed by atoms with van der Waals surface area (Å²) in [7, 11) is 0. The normalized spacial score (nSPS) is 22.2. The average Bonchev–Trinajstić information content (AvgIpc) is 2.40. The molecule has 2 atom stereocenters. The van der Waals surface area contributed by atoms with Gasteiger partial charge in [0.25, 0.3) is 0 Å². The van der Waals surface area contributed by atoms with Crippen LogP contribution in [-0.4, -0.2) is 11.9 Å². The Morgan fingerprint density at radius 2 is 2.10 bits per heavy atom.